The number of hydrogen-bond acceptors (Lipinski definition) is 4. The van der Waals surface area contributed by atoms with Gasteiger partial charge in [0.05, 0.1) is 12.2 Å². The van der Waals surface area contributed by atoms with Gasteiger partial charge in [0, 0.05) is 16.6 Å². The smallest absolute Gasteiger partial charge is 0.252 e. The van der Waals surface area contributed by atoms with Crippen molar-refractivity contribution < 1.29 is 13.9 Å². The maximum absolute atomic E-state index is 13.3. The van der Waals surface area contributed by atoms with E-state index in [1.807, 2.05) is 23.6 Å². The molecule has 0 aliphatic rings. The lowest BCUT2D eigenvalue weighted by molar-refractivity contribution is 0.0943. The van der Waals surface area contributed by atoms with Crippen molar-refractivity contribution >= 4 is 17.2 Å². The molecule has 2 heterocycles. The van der Waals surface area contributed by atoms with Gasteiger partial charge in [-0.3, -0.25) is 9.78 Å². The molecule has 4 aromatic rings. The molecule has 29 heavy (non-hydrogen) atoms. The van der Waals surface area contributed by atoms with E-state index in [9.17, 15) is 9.18 Å². The molecular weight excluding hydrogens is 387 g/mol. The summed E-state index contributed by atoms with van der Waals surface area (Å²) in [4.78, 5) is 17.8. The van der Waals surface area contributed by atoms with Gasteiger partial charge in [0.2, 0.25) is 0 Å². The number of benzene rings is 2. The van der Waals surface area contributed by atoms with Crippen molar-refractivity contribution in [1.29, 1.82) is 0 Å². The molecule has 0 aliphatic heterocycles. The Kier molecular flexibility index (Phi) is 5.63. The third-order valence-corrected chi connectivity index (χ3v) is 5.23. The standard InChI is InChI=1S/C23H17FN2O2S/c24-18-9-5-16(6-10-18)22(21-4-2-14-29-21)26-23(27)17-7-11-19(12-8-17)28-20-3-1-13-25-15-20/h1-15,22H,(H,26,27). The molecule has 0 saturated carbocycles. The predicted molar refractivity (Wildman–Crippen MR) is 111 cm³/mol. The van der Waals surface area contributed by atoms with E-state index in [2.05, 4.69) is 10.3 Å². The lowest BCUT2D eigenvalue weighted by Gasteiger charge is -2.18. The molecule has 144 valence electrons. The molecule has 0 saturated heterocycles. The van der Waals surface area contributed by atoms with Crippen LogP contribution >= 0.6 is 11.3 Å². The Hall–Kier alpha value is -3.51. The van der Waals surface area contributed by atoms with Gasteiger partial charge in [-0.15, -0.1) is 11.3 Å². The number of halogens is 1. The fraction of sp³-hybridized carbons (Fsp3) is 0.0435. The average molecular weight is 404 g/mol. The van der Waals surface area contributed by atoms with Gasteiger partial charge in [-0.1, -0.05) is 18.2 Å². The number of hydrogen-bond donors (Lipinski definition) is 1. The number of pyridine rings is 1. The van der Waals surface area contributed by atoms with E-state index in [0.29, 0.717) is 17.1 Å². The summed E-state index contributed by atoms with van der Waals surface area (Å²) in [6.45, 7) is 0. The lowest BCUT2D eigenvalue weighted by Crippen LogP contribution is -2.28. The number of aromatic nitrogens is 1. The van der Waals surface area contributed by atoms with Crippen LogP contribution in [-0.2, 0) is 0 Å². The number of nitrogens with zero attached hydrogens (tertiary/aromatic N) is 1. The molecule has 4 rings (SSSR count). The molecule has 0 spiro atoms. The molecular formula is C23H17FN2O2S. The fourth-order valence-corrected chi connectivity index (χ4v) is 3.66. The zero-order valence-corrected chi connectivity index (χ0v) is 16.1. The molecule has 1 atom stereocenters. The van der Waals surface area contributed by atoms with Crippen LogP contribution in [0.1, 0.15) is 26.8 Å². The Morgan fingerprint density at radius 2 is 1.76 bits per heavy atom. The molecule has 0 bridgehead atoms. The van der Waals surface area contributed by atoms with Crippen LogP contribution in [0.3, 0.4) is 0 Å². The van der Waals surface area contributed by atoms with Gasteiger partial charge in [-0.2, -0.15) is 0 Å². The number of carbonyl (C=O) groups excluding carboxylic acids is 1. The van der Waals surface area contributed by atoms with Crippen molar-refractivity contribution in [2.45, 2.75) is 6.04 Å². The molecule has 0 fully saturated rings. The Bertz CT molecular complexity index is 1070. The minimum Gasteiger partial charge on any atom is -0.456 e. The van der Waals surface area contributed by atoms with Crippen molar-refractivity contribution in [3.8, 4) is 11.5 Å². The van der Waals surface area contributed by atoms with Crippen molar-refractivity contribution in [3.63, 3.8) is 0 Å². The van der Waals surface area contributed by atoms with Crippen molar-refractivity contribution in [1.82, 2.24) is 10.3 Å². The summed E-state index contributed by atoms with van der Waals surface area (Å²) in [5, 5.41) is 4.99. The fourth-order valence-electron chi connectivity index (χ4n) is 2.86. The molecule has 4 nitrogen and oxygen atoms in total. The van der Waals surface area contributed by atoms with Gasteiger partial charge < -0.3 is 10.1 Å². The quantitative estimate of drug-likeness (QED) is 0.455. The van der Waals surface area contributed by atoms with Crippen molar-refractivity contribution in [2.75, 3.05) is 0 Å². The highest BCUT2D eigenvalue weighted by Crippen LogP contribution is 2.27. The van der Waals surface area contributed by atoms with E-state index in [0.717, 1.165) is 10.4 Å². The van der Waals surface area contributed by atoms with Crippen molar-refractivity contribution in [3.05, 3.63) is 112 Å². The highest BCUT2D eigenvalue weighted by Gasteiger charge is 2.19. The molecule has 1 unspecified atom stereocenters. The van der Waals surface area contributed by atoms with Crippen LogP contribution in [0, 0.1) is 5.82 Å². The van der Waals surface area contributed by atoms with Crippen LogP contribution in [0.2, 0.25) is 0 Å². The van der Waals surface area contributed by atoms with Crippen LogP contribution in [0.4, 0.5) is 4.39 Å². The average Bonchev–Trinajstić information content (AvgIpc) is 3.28. The summed E-state index contributed by atoms with van der Waals surface area (Å²) in [5.74, 6) is 0.705. The van der Waals surface area contributed by atoms with Gasteiger partial charge >= 0.3 is 0 Å². The normalized spacial score (nSPS) is 11.6. The van der Waals surface area contributed by atoms with Crippen LogP contribution < -0.4 is 10.1 Å². The van der Waals surface area contributed by atoms with Gasteiger partial charge in [0.1, 0.15) is 17.3 Å². The first-order chi connectivity index (χ1) is 14.2. The molecule has 1 amide bonds. The highest BCUT2D eigenvalue weighted by atomic mass is 32.1. The summed E-state index contributed by atoms with van der Waals surface area (Å²) in [5.41, 5.74) is 1.32. The predicted octanol–water partition coefficient (Wildman–Crippen LogP) is 5.59. The van der Waals surface area contributed by atoms with Crippen LogP contribution in [-0.4, -0.2) is 10.9 Å². The zero-order valence-electron chi connectivity index (χ0n) is 15.3. The van der Waals surface area contributed by atoms with E-state index in [-0.39, 0.29) is 17.8 Å². The summed E-state index contributed by atoms with van der Waals surface area (Å²) < 4.78 is 19.0. The Labute approximate surface area is 171 Å². The SMILES string of the molecule is O=C(NC(c1ccc(F)cc1)c1cccs1)c1ccc(Oc2cccnc2)cc1. The summed E-state index contributed by atoms with van der Waals surface area (Å²) in [7, 11) is 0. The zero-order chi connectivity index (χ0) is 20.1. The number of thiophene rings is 1. The van der Waals surface area contributed by atoms with E-state index in [1.54, 1.807) is 54.9 Å². The number of amides is 1. The second kappa shape index (κ2) is 8.67. The molecule has 0 aliphatic carbocycles. The maximum Gasteiger partial charge on any atom is 0.252 e. The number of carbonyl (C=O) groups is 1. The van der Waals surface area contributed by atoms with Crippen LogP contribution in [0.15, 0.2) is 90.6 Å². The summed E-state index contributed by atoms with van der Waals surface area (Å²) in [6, 6.07) is 20.2. The van der Waals surface area contributed by atoms with E-state index < -0.39 is 0 Å². The van der Waals surface area contributed by atoms with E-state index >= 15 is 0 Å². The van der Waals surface area contributed by atoms with Gasteiger partial charge in [-0.25, -0.2) is 4.39 Å². The Morgan fingerprint density at radius 1 is 0.966 bits per heavy atom. The summed E-state index contributed by atoms with van der Waals surface area (Å²) >= 11 is 1.54. The van der Waals surface area contributed by atoms with Gasteiger partial charge in [-0.05, 0) is 65.5 Å². The lowest BCUT2D eigenvalue weighted by atomic mass is 10.0. The molecule has 2 aromatic heterocycles. The molecule has 6 heteroatoms. The van der Waals surface area contributed by atoms with Gasteiger partial charge in [0.25, 0.3) is 5.91 Å². The maximum atomic E-state index is 13.3. The second-order valence-corrected chi connectivity index (χ2v) is 7.27. The summed E-state index contributed by atoms with van der Waals surface area (Å²) in [6.07, 6.45) is 3.29. The second-order valence-electron chi connectivity index (χ2n) is 6.29. The molecule has 0 radical (unpaired) electrons. The van der Waals surface area contributed by atoms with Crippen LogP contribution in [0.25, 0.3) is 0 Å². The van der Waals surface area contributed by atoms with Gasteiger partial charge in [0.15, 0.2) is 0 Å². The molecule has 2 aromatic carbocycles. The van der Waals surface area contributed by atoms with Crippen LogP contribution in [0.5, 0.6) is 11.5 Å². The van der Waals surface area contributed by atoms with Crippen molar-refractivity contribution in [2.24, 2.45) is 0 Å². The number of nitrogens with one attached hydrogen (secondary N) is 1. The number of ether oxygens (including phenoxy) is 1. The largest absolute Gasteiger partial charge is 0.456 e. The van der Waals surface area contributed by atoms with E-state index in [1.165, 1.54) is 23.5 Å². The Balaban J connectivity index is 1.51. The monoisotopic (exact) mass is 404 g/mol. The topological polar surface area (TPSA) is 51.2 Å². The third kappa shape index (κ3) is 4.67. The first kappa shape index (κ1) is 18.8. The Morgan fingerprint density at radius 3 is 2.41 bits per heavy atom. The first-order valence-corrected chi connectivity index (χ1v) is 9.85. The highest BCUT2D eigenvalue weighted by molar-refractivity contribution is 7.10. The third-order valence-electron chi connectivity index (χ3n) is 4.29. The minimum absolute atomic E-state index is 0.222. The number of rotatable bonds is 6. The molecule has 1 N–H and O–H groups in total. The minimum atomic E-state index is -0.352. The first-order valence-electron chi connectivity index (χ1n) is 8.97. The van der Waals surface area contributed by atoms with E-state index in [4.69, 9.17) is 4.74 Å².